The second-order valence-electron chi connectivity index (χ2n) is 10.0. The first-order valence-electron chi connectivity index (χ1n) is 13.5. The number of carbonyl (C=O) groups excluding carboxylic acids is 2. The van der Waals surface area contributed by atoms with Gasteiger partial charge in [0, 0.05) is 13.1 Å². The number of hydrogen-bond acceptors (Lipinski definition) is 4. The summed E-state index contributed by atoms with van der Waals surface area (Å²) in [5.74, 6) is -1.07. The molecule has 3 aromatic rings. The number of amides is 2. The number of carbonyl (C=O) groups is 2. The van der Waals surface area contributed by atoms with Gasteiger partial charge in [-0.1, -0.05) is 62.7 Å². The standard InChI is InChI=1S/C31H38FN3O4S/c1-6-29(31(37)33-7-2)34(20-24-10-14-26(32)15-11-24)30(36)21-35(27-16-12-25(13-17-27)22(3)4)40(38,39)28-18-8-23(5)9-19-28/h8-19,22,29H,6-7,20-21H2,1-5H3,(H,33,37). The van der Waals surface area contributed by atoms with E-state index < -0.39 is 34.3 Å². The van der Waals surface area contributed by atoms with Crippen LogP contribution < -0.4 is 9.62 Å². The molecule has 0 aliphatic carbocycles. The number of aryl methyl sites for hydroxylation is 1. The summed E-state index contributed by atoms with van der Waals surface area (Å²) < 4.78 is 42.5. The Balaban J connectivity index is 2.06. The first-order chi connectivity index (χ1) is 19.0. The van der Waals surface area contributed by atoms with Crippen LogP contribution >= 0.6 is 0 Å². The Labute approximate surface area is 237 Å². The van der Waals surface area contributed by atoms with E-state index in [4.69, 9.17) is 0 Å². The Morgan fingerprint density at radius 3 is 2.02 bits per heavy atom. The fourth-order valence-corrected chi connectivity index (χ4v) is 5.80. The highest BCUT2D eigenvalue weighted by atomic mass is 32.2. The smallest absolute Gasteiger partial charge is 0.264 e. The molecule has 0 spiro atoms. The molecule has 0 saturated heterocycles. The molecule has 0 bridgehead atoms. The molecule has 0 aliphatic heterocycles. The highest BCUT2D eigenvalue weighted by Crippen LogP contribution is 2.27. The van der Waals surface area contributed by atoms with Gasteiger partial charge in [0.05, 0.1) is 10.6 Å². The van der Waals surface area contributed by atoms with Gasteiger partial charge in [0.15, 0.2) is 0 Å². The summed E-state index contributed by atoms with van der Waals surface area (Å²) in [5, 5.41) is 2.77. The van der Waals surface area contributed by atoms with Crippen LogP contribution in [0.15, 0.2) is 77.7 Å². The molecule has 3 rings (SSSR count). The van der Waals surface area contributed by atoms with Gasteiger partial charge in [0.1, 0.15) is 18.4 Å². The highest BCUT2D eigenvalue weighted by molar-refractivity contribution is 7.92. The van der Waals surface area contributed by atoms with E-state index in [0.717, 1.165) is 15.4 Å². The van der Waals surface area contributed by atoms with Gasteiger partial charge < -0.3 is 10.2 Å². The van der Waals surface area contributed by atoms with E-state index in [9.17, 15) is 22.4 Å². The molecule has 0 aliphatic rings. The monoisotopic (exact) mass is 567 g/mol. The summed E-state index contributed by atoms with van der Waals surface area (Å²) >= 11 is 0. The molecular weight excluding hydrogens is 529 g/mol. The van der Waals surface area contributed by atoms with E-state index in [0.29, 0.717) is 24.2 Å². The summed E-state index contributed by atoms with van der Waals surface area (Å²) in [6, 6.07) is 18.4. The zero-order valence-corrected chi connectivity index (χ0v) is 24.5. The van der Waals surface area contributed by atoms with Crippen molar-refractivity contribution in [1.29, 1.82) is 0 Å². The zero-order valence-electron chi connectivity index (χ0n) is 23.7. The third kappa shape index (κ3) is 7.47. The van der Waals surface area contributed by atoms with Gasteiger partial charge in [0.2, 0.25) is 11.8 Å². The molecule has 0 aromatic heterocycles. The molecule has 0 radical (unpaired) electrons. The number of halogens is 1. The van der Waals surface area contributed by atoms with E-state index >= 15 is 0 Å². The Morgan fingerprint density at radius 1 is 0.900 bits per heavy atom. The molecule has 0 fully saturated rings. The molecule has 1 N–H and O–H groups in total. The van der Waals surface area contributed by atoms with Crippen molar-refractivity contribution in [3.05, 3.63) is 95.3 Å². The largest absolute Gasteiger partial charge is 0.355 e. The molecule has 214 valence electrons. The van der Waals surface area contributed by atoms with Crippen molar-refractivity contribution in [3.8, 4) is 0 Å². The lowest BCUT2D eigenvalue weighted by Crippen LogP contribution is -2.52. The van der Waals surface area contributed by atoms with Crippen LogP contribution in [-0.4, -0.2) is 44.3 Å². The molecule has 9 heteroatoms. The average molecular weight is 568 g/mol. The molecule has 40 heavy (non-hydrogen) atoms. The van der Waals surface area contributed by atoms with E-state index in [1.807, 2.05) is 32.9 Å². The minimum Gasteiger partial charge on any atom is -0.355 e. The summed E-state index contributed by atoms with van der Waals surface area (Å²) in [4.78, 5) is 28.4. The fraction of sp³-hybridized carbons (Fsp3) is 0.355. The Morgan fingerprint density at radius 2 is 1.50 bits per heavy atom. The minimum atomic E-state index is -4.14. The average Bonchev–Trinajstić information content (AvgIpc) is 2.93. The van der Waals surface area contributed by atoms with Crippen molar-refractivity contribution in [3.63, 3.8) is 0 Å². The molecule has 0 heterocycles. The number of anilines is 1. The van der Waals surface area contributed by atoms with Crippen molar-refractivity contribution in [2.45, 2.75) is 64.4 Å². The number of nitrogens with one attached hydrogen (secondary N) is 1. The molecule has 0 saturated carbocycles. The fourth-order valence-electron chi connectivity index (χ4n) is 4.39. The van der Waals surface area contributed by atoms with Gasteiger partial charge in [-0.05, 0) is 73.7 Å². The van der Waals surface area contributed by atoms with E-state index in [1.54, 1.807) is 50.2 Å². The quantitative estimate of drug-likeness (QED) is 0.318. The summed E-state index contributed by atoms with van der Waals surface area (Å²) in [6.07, 6.45) is 0.312. The van der Waals surface area contributed by atoms with Gasteiger partial charge in [0.25, 0.3) is 10.0 Å². The third-order valence-electron chi connectivity index (χ3n) is 6.74. The summed E-state index contributed by atoms with van der Waals surface area (Å²) in [7, 11) is -4.14. The van der Waals surface area contributed by atoms with Crippen molar-refractivity contribution >= 4 is 27.5 Å². The van der Waals surface area contributed by atoms with Crippen LogP contribution in [0.5, 0.6) is 0 Å². The third-order valence-corrected chi connectivity index (χ3v) is 8.53. The first kappa shape index (κ1) is 30.8. The second kappa shape index (κ2) is 13.6. The van der Waals surface area contributed by atoms with Gasteiger partial charge in [-0.3, -0.25) is 13.9 Å². The topological polar surface area (TPSA) is 86.8 Å². The summed E-state index contributed by atoms with van der Waals surface area (Å²) in [6.45, 7) is 9.39. The molecule has 7 nitrogen and oxygen atoms in total. The SMILES string of the molecule is CCNC(=O)C(CC)N(Cc1ccc(F)cc1)C(=O)CN(c1ccc(C(C)C)cc1)S(=O)(=O)c1ccc(C)cc1. The van der Waals surface area contributed by atoms with Crippen molar-refractivity contribution < 1.29 is 22.4 Å². The Bertz CT molecular complexity index is 1390. The predicted molar refractivity (Wildman–Crippen MR) is 156 cm³/mol. The van der Waals surface area contributed by atoms with Gasteiger partial charge >= 0.3 is 0 Å². The second-order valence-corrected chi connectivity index (χ2v) is 11.9. The maximum absolute atomic E-state index is 14.0. The van der Waals surface area contributed by atoms with E-state index in [2.05, 4.69) is 5.32 Å². The van der Waals surface area contributed by atoms with Crippen LogP contribution in [0.2, 0.25) is 0 Å². The van der Waals surface area contributed by atoms with Crippen molar-refractivity contribution in [2.75, 3.05) is 17.4 Å². The van der Waals surface area contributed by atoms with Gasteiger partial charge in [-0.25, -0.2) is 12.8 Å². The predicted octanol–water partition coefficient (Wildman–Crippen LogP) is 5.40. The van der Waals surface area contributed by atoms with Crippen LogP contribution in [0.4, 0.5) is 10.1 Å². The lowest BCUT2D eigenvalue weighted by molar-refractivity contribution is -0.140. The summed E-state index contributed by atoms with van der Waals surface area (Å²) in [5.41, 5.74) is 2.89. The molecular formula is C31H38FN3O4S. The Kier molecular flexibility index (Phi) is 10.5. The molecule has 1 atom stereocenters. The van der Waals surface area contributed by atoms with Crippen LogP contribution in [0, 0.1) is 12.7 Å². The maximum Gasteiger partial charge on any atom is 0.264 e. The molecule has 3 aromatic carbocycles. The van der Waals surface area contributed by atoms with Gasteiger partial charge in [-0.2, -0.15) is 0 Å². The zero-order chi connectivity index (χ0) is 29.4. The number of sulfonamides is 1. The maximum atomic E-state index is 14.0. The molecule has 2 amide bonds. The van der Waals surface area contributed by atoms with E-state index in [1.165, 1.54) is 29.2 Å². The Hall–Kier alpha value is -3.72. The normalized spacial score (nSPS) is 12.2. The lowest BCUT2D eigenvalue weighted by Gasteiger charge is -2.33. The number of hydrogen-bond donors (Lipinski definition) is 1. The lowest BCUT2D eigenvalue weighted by atomic mass is 10.0. The van der Waals surface area contributed by atoms with Crippen LogP contribution in [0.25, 0.3) is 0 Å². The molecule has 1 unspecified atom stereocenters. The van der Waals surface area contributed by atoms with Crippen molar-refractivity contribution in [1.82, 2.24) is 10.2 Å². The van der Waals surface area contributed by atoms with Crippen LogP contribution in [-0.2, 0) is 26.2 Å². The van der Waals surface area contributed by atoms with E-state index in [-0.39, 0.29) is 23.3 Å². The number of rotatable bonds is 12. The highest BCUT2D eigenvalue weighted by Gasteiger charge is 2.33. The van der Waals surface area contributed by atoms with Crippen molar-refractivity contribution in [2.24, 2.45) is 0 Å². The van der Waals surface area contributed by atoms with Crippen LogP contribution in [0.3, 0.4) is 0 Å². The number of benzene rings is 3. The number of nitrogens with zero attached hydrogens (tertiary/aromatic N) is 2. The minimum absolute atomic E-state index is 0.0134. The van der Waals surface area contributed by atoms with Gasteiger partial charge in [-0.15, -0.1) is 0 Å². The van der Waals surface area contributed by atoms with Crippen LogP contribution in [0.1, 0.15) is 56.7 Å². The first-order valence-corrected chi connectivity index (χ1v) is 14.9. The number of likely N-dealkylation sites (N-methyl/N-ethyl adjacent to an activating group) is 1.